The van der Waals surface area contributed by atoms with E-state index in [2.05, 4.69) is 0 Å². The molecule has 1 aromatic carbocycles. The molecular weight excluding hydrogens is 301 g/mol. The number of hydrogen-bond acceptors (Lipinski definition) is 4. The Morgan fingerprint density at radius 2 is 2.05 bits per heavy atom. The quantitative estimate of drug-likeness (QED) is 0.681. The van der Waals surface area contributed by atoms with E-state index < -0.39 is 4.92 Å². The molecule has 1 aliphatic rings. The van der Waals surface area contributed by atoms with Crippen LogP contribution in [-0.4, -0.2) is 24.6 Å². The smallest absolute Gasteiger partial charge is 0.294 e. The predicted molar refractivity (Wildman–Crippen MR) is 81.7 cm³/mol. The van der Waals surface area contributed by atoms with Crippen molar-refractivity contribution in [3.63, 3.8) is 0 Å². The summed E-state index contributed by atoms with van der Waals surface area (Å²) < 4.78 is 0. The van der Waals surface area contributed by atoms with Crippen LogP contribution < -0.4 is 10.6 Å². The van der Waals surface area contributed by atoms with Crippen LogP contribution in [0.15, 0.2) is 12.1 Å². The zero-order valence-corrected chi connectivity index (χ0v) is 12.7. The molecule has 2 atom stereocenters. The zero-order valence-electron chi connectivity index (χ0n) is 11.2. The third-order valence-electron chi connectivity index (χ3n) is 4.01. The Morgan fingerprint density at radius 3 is 2.65 bits per heavy atom. The predicted octanol–water partition coefficient (Wildman–Crippen LogP) is 3.47. The third kappa shape index (κ3) is 2.85. The lowest BCUT2D eigenvalue weighted by atomic mass is 10.0. The number of benzene rings is 1. The number of nitro groups is 1. The van der Waals surface area contributed by atoms with E-state index in [-0.39, 0.29) is 16.8 Å². The van der Waals surface area contributed by atoms with Gasteiger partial charge in [-0.25, -0.2) is 0 Å². The van der Waals surface area contributed by atoms with E-state index in [1.807, 2.05) is 11.9 Å². The van der Waals surface area contributed by atoms with Crippen molar-refractivity contribution in [3.05, 3.63) is 32.3 Å². The zero-order chi connectivity index (χ0) is 14.9. The lowest BCUT2D eigenvalue weighted by Crippen LogP contribution is -2.38. The summed E-state index contributed by atoms with van der Waals surface area (Å²) in [5.74, 6) is 0.356. The molecule has 2 unspecified atom stereocenters. The average molecular weight is 318 g/mol. The molecular formula is C13H17Cl2N3O2. The molecule has 0 bridgehead atoms. The highest BCUT2D eigenvalue weighted by Gasteiger charge is 2.32. The standard InChI is InChI=1S/C13H17Cl2N3O2/c1-17(11-4-2-3-8(11)7-16)12-5-9(14)10(15)6-13(12)18(19)20/h5-6,8,11H,2-4,7,16H2,1H3. The van der Waals surface area contributed by atoms with Gasteiger partial charge in [-0.2, -0.15) is 0 Å². The van der Waals surface area contributed by atoms with Gasteiger partial charge in [0.25, 0.3) is 5.69 Å². The van der Waals surface area contributed by atoms with E-state index in [0.29, 0.717) is 23.2 Å². The van der Waals surface area contributed by atoms with Gasteiger partial charge in [0.15, 0.2) is 0 Å². The average Bonchev–Trinajstić information content (AvgIpc) is 2.88. The van der Waals surface area contributed by atoms with Crippen LogP contribution in [0.5, 0.6) is 0 Å². The second kappa shape index (κ2) is 6.16. The fraction of sp³-hybridized carbons (Fsp3) is 0.538. The summed E-state index contributed by atoms with van der Waals surface area (Å²) in [5, 5.41) is 11.7. The Morgan fingerprint density at radius 1 is 1.40 bits per heavy atom. The summed E-state index contributed by atoms with van der Waals surface area (Å²) in [6, 6.07) is 3.08. The maximum absolute atomic E-state index is 11.2. The first-order chi connectivity index (χ1) is 9.45. The number of nitro benzene ring substituents is 1. The maximum atomic E-state index is 11.2. The van der Waals surface area contributed by atoms with Gasteiger partial charge >= 0.3 is 0 Å². The van der Waals surface area contributed by atoms with Crippen molar-refractivity contribution in [1.29, 1.82) is 0 Å². The SMILES string of the molecule is CN(c1cc(Cl)c(Cl)cc1[N+](=O)[O-])C1CCCC1CN. The van der Waals surface area contributed by atoms with Crippen LogP contribution in [-0.2, 0) is 0 Å². The molecule has 0 radical (unpaired) electrons. The number of halogens is 2. The second-order valence-corrected chi connectivity index (χ2v) is 5.93. The van der Waals surface area contributed by atoms with Crippen molar-refractivity contribution in [3.8, 4) is 0 Å². The van der Waals surface area contributed by atoms with Crippen molar-refractivity contribution in [1.82, 2.24) is 0 Å². The number of nitrogens with two attached hydrogens (primary N) is 1. The monoisotopic (exact) mass is 317 g/mol. The number of anilines is 1. The third-order valence-corrected chi connectivity index (χ3v) is 4.74. The molecule has 1 aromatic rings. The molecule has 0 heterocycles. The summed E-state index contributed by atoms with van der Waals surface area (Å²) in [6.45, 7) is 0.587. The van der Waals surface area contributed by atoms with Crippen molar-refractivity contribution in [2.75, 3.05) is 18.5 Å². The lowest BCUT2D eigenvalue weighted by Gasteiger charge is -2.30. The molecule has 20 heavy (non-hydrogen) atoms. The molecule has 1 saturated carbocycles. The Labute approximate surface area is 127 Å². The van der Waals surface area contributed by atoms with E-state index in [1.165, 1.54) is 6.07 Å². The van der Waals surface area contributed by atoms with E-state index in [4.69, 9.17) is 28.9 Å². The van der Waals surface area contributed by atoms with Gasteiger partial charge in [0, 0.05) is 19.2 Å². The highest BCUT2D eigenvalue weighted by Crippen LogP contribution is 2.39. The van der Waals surface area contributed by atoms with Crippen LogP contribution in [0.4, 0.5) is 11.4 Å². The molecule has 2 N–H and O–H groups in total. The fourth-order valence-electron chi connectivity index (χ4n) is 2.94. The molecule has 7 heteroatoms. The summed E-state index contributed by atoms with van der Waals surface area (Å²) in [4.78, 5) is 12.7. The normalized spacial score (nSPS) is 22.0. The van der Waals surface area contributed by atoms with Crippen molar-refractivity contribution in [2.45, 2.75) is 25.3 Å². The van der Waals surface area contributed by atoms with Gasteiger partial charge in [0.05, 0.1) is 15.0 Å². The molecule has 110 valence electrons. The fourth-order valence-corrected chi connectivity index (χ4v) is 3.25. The molecule has 0 aliphatic heterocycles. The van der Waals surface area contributed by atoms with Crippen LogP contribution in [0.3, 0.4) is 0 Å². The number of hydrogen-bond donors (Lipinski definition) is 1. The largest absolute Gasteiger partial charge is 0.366 e. The molecule has 0 spiro atoms. The first-order valence-corrected chi connectivity index (χ1v) is 7.27. The molecule has 1 fully saturated rings. The maximum Gasteiger partial charge on any atom is 0.294 e. The number of rotatable bonds is 4. The van der Waals surface area contributed by atoms with Crippen molar-refractivity contribution in [2.24, 2.45) is 11.7 Å². The molecule has 2 rings (SSSR count). The van der Waals surface area contributed by atoms with Crippen LogP contribution >= 0.6 is 23.2 Å². The minimum absolute atomic E-state index is 0.0235. The summed E-state index contributed by atoms with van der Waals surface area (Å²) >= 11 is 11.9. The lowest BCUT2D eigenvalue weighted by molar-refractivity contribution is -0.384. The molecule has 0 saturated heterocycles. The summed E-state index contributed by atoms with van der Waals surface area (Å²) in [7, 11) is 1.85. The first kappa shape index (κ1) is 15.4. The number of nitrogens with zero attached hydrogens (tertiary/aromatic N) is 2. The van der Waals surface area contributed by atoms with Gasteiger partial charge in [-0.3, -0.25) is 10.1 Å². The Hall–Kier alpha value is -1.04. The summed E-state index contributed by atoms with van der Waals surface area (Å²) in [6.07, 6.45) is 3.13. The van der Waals surface area contributed by atoms with Crippen molar-refractivity contribution >= 4 is 34.6 Å². The minimum Gasteiger partial charge on any atom is -0.366 e. The van der Waals surface area contributed by atoms with Gasteiger partial charge in [0.1, 0.15) is 5.69 Å². The van der Waals surface area contributed by atoms with E-state index in [9.17, 15) is 10.1 Å². The van der Waals surface area contributed by atoms with Crippen LogP contribution in [0.1, 0.15) is 19.3 Å². The van der Waals surface area contributed by atoms with Gasteiger partial charge in [-0.1, -0.05) is 29.6 Å². The minimum atomic E-state index is -0.430. The van der Waals surface area contributed by atoms with Gasteiger partial charge in [-0.05, 0) is 31.4 Å². The molecule has 1 aliphatic carbocycles. The highest BCUT2D eigenvalue weighted by molar-refractivity contribution is 6.42. The van der Waals surface area contributed by atoms with Gasteiger partial charge < -0.3 is 10.6 Å². The second-order valence-electron chi connectivity index (χ2n) is 5.12. The topological polar surface area (TPSA) is 72.4 Å². The highest BCUT2D eigenvalue weighted by atomic mass is 35.5. The van der Waals surface area contributed by atoms with Crippen LogP contribution in [0.25, 0.3) is 0 Å². The molecule has 5 nitrogen and oxygen atoms in total. The van der Waals surface area contributed by atoms with E-state index >= 15 is 0 Å². The Balaban J connectivity index is 2.40. The van der Waals surface area contributed by atoms with Crippen LogP contribution in [0, 0.1) is 16.0 Å². The van der Waals surface area contributed by atoms with Gasteiger partial charge in [-0.15, -0.1) is 0 Å². The van der Waals surface area contributed by atoms with Crippen LogP contribution in [0.2, 0.25) is 10.0 Å². The van der Waals surface area contributed by atoms with Crippen molar-refractivity contribution < 1.29 is 4.92 Å². The Kier molecular flexibility index (Phi) is 4.73. The first-order valence-electron chi connectivity index (χ1n) is 6.52. The molecule has 0 aromatic heterocycles. The van der Waals surface area contributed by atoms with E-state index in [0.717, 1.165) is 19.3 Å². The van der Waals surface area contributed by atoms with E-state index in [1.54, 1.807) is 6.07 Å². The molecule has 0 amide bonds. The van der Waals surface area contributed by atoms with Gasteiger partial charge in [0.2, 0.25) is 0 Å². The summed E-state index contributed by atoms with van der Waals surface area (Å²) in [5.41, 5.74) is 6.26. The Bertz CT molecular complexity index is 525.